The Morgan fingerprint density at radius 1 is 1.37 bits per heavy atom. The standard InChI is InChI=1S/C17H20FN7OS/c18-11-6-20-17-22-9-5-21-25(7-9)1-2-27-12-4-8-3-10(12)14(13(8)15(19)26)23-16(11)24-17/h5-8,10,12-14H,1-4H2,(H2,19,26)(H2,20,22,23,24). The molecule has 0 saturated heterocycles. The van der Waals surface area contributed by atoms with Gasteiger partial charge in [0.2, 0.25) is 11.9 Å². The third-order valence-electron chi connectivity index (χ3n) is 5.86. The second kappa shape index (κ2) is 6.36. The van der Waals surface area contributed by atoms with Crippen molar-refractivity contribution >= 4 is 35.1 Å². The average molecular weight is 389 g/mol. The number of fused-ring (bicyclic) bond motifs is 5. The Morgan fingerprint density at radius 2 is 2.26 bits per heavy atom. The van der Waals surface area contributed by atoms with E-state index in [9.17, 15) is 9.18 Å². The zero-order chi connectivity index (χ0) is 18.5. The highest BCUT2D eigenvalue weighted by atomic mass is 32.2. The number of aromatic nitrogens is 4. The molecule has 4 N–H and O–H groups in total. The fraction of sp³-hybridized carbons (Fsp3) is 0.529. The quantitative estimate of drug-likeness (QED) is 0.679. The summed E-state index contributed by atoms with van der Waals surface area (Å²) in [4.78, 5) is 20.4. The van der Waals surface area contributed by atoms with Crippen molar-refractivity contribution in [2.24, 2.45) is 23.5 Å². The van der Waals surface area contributed by atoms with Crippen molar-refractivity contribution in [3.63, 3.8) is 0 Å². The van der Waals surface area contributed by atoms with E-state index in [0.717, 1.165) is 37.0 Å². The Bertz CT molecular complexity index is 890. The Morgan fingerprint density at radius 3 is 3.11 bits per heavy atom. The topological polar surface area (TPSA) is 111 Å². The molecule has 142 valence electrons. The maximum absolute atomic E-state index is 14.4. The smallest absolute Gasteiger partial charge is 0.229 e. The molecule has 3 heterocycles. The van der Waals surface area contributed by atoms with E-state index < -0.39 is 5.82 Å². The molecule has 5 atom stereocenters. The molecule has 0 spiro atoms. The lowest BCUT2D eigenvalue weighted by Gasteiger charge is -2.35. The van der Waals surface area contributed by atoms with Crippen LogP contribution in [0.3, 0.4) is 0 Å². The molecule has 3 aliphatic rings. The minimum Gasteiger partial charge on any atom is -0.369 e. The van der Waals surface area contributed by atoms with Gasteiger partial charge in [-0.05, 0) is 24.7 Å². The van der Waals surface area contributed by atoms with E-state index in [1.165, 1.54) is 0 Å². The van der Waals surface area contributed by atoms with Gasteiger partial charge in [-0.15, -0.1) is 0 Å². The van der Waals surface area contributed by atoms with Crippen molar-refractivity contribution in [3.8, 4) is 0 Å². The van der Waals surface area contributed by atoms with Gasteiger partial charge in [-0.2, -0.15) is 21.8 Å². The third-order valence-corrected chi connectivity index (χ3v) is 7.25. The predicted octanol–water partition coefficient (Wildman–Crippen LogP) is 1.59. The van der Waals surface area contributed by atoms with Crippen LogP contribution in [-0.2, 0) is 11.3 Å². The summed E-state index contributed by atoms with van der Waals surface area (Å²) >= 11 is 1.90. The van der Waals surface area contributed by atoms with Crippen LogP contribution in [0.5, 0.6) is 0 Å². The van der Waals surface area contributed by atoms with Gasteiger partial charge in [0, 0.05) is 23.2 Å². The van der Waals surface area contributed by atoms with Crippen LogP contribution >= 0.6 is 11.8 Å². The molecule has 2 aromatic rings. The van der Waals surface area contributed by atoms with Gasteiger partial charge in [0.05, 0.1) is 30.5 Å². The number of amides is 1. The number of primary amides is 1. The normalized spacial score (nSPS) is 31.7. The van der Waals surface area contributed by atoms with Crippen LogP contribution in [0.4, 0.5) is 21.8 Å². The van der Waals surface area contributed by atoms with Crippen LogP contribution in [0.1, 0.15) is 12.8 Å². The summed E-state index contributed by atoms with van der Waals surface area (Å²) in [5.74, 6) is 0.660. The Labute approximate surface area is 159 Å². The summed E-state index contributed by atoms with van der Waals surface area (Å²) in [5.41, 5.74) is 6.43. The Hall–Kier alpha value is -2.36. The maximum Gasteiger partial charge on any atom is 0.229 e. The van der Waals surface area contributed by atoms with E-state index in [2.05, 4.69) is 25.7 Å². The lowest BCUT2D eigenvalue weighted by molar-refractivity contribution is -0.123. The lowest BCUT2D eigenvalue weighted by atomic mass is 9.83. The molecule has 27 heavy (non-hydrogen) atoms. The number of thioether (sulfide) groups is 1. The minimum atomic E-state index is -0.543. The monoisotopic (exact) mass is 389 g/mol. The van der Waals surface area contributed by atoms with Gasteiger partial charge < -0.3 is 16.4 Å². The van der Waals surface area contributed by atoms with Gasteiger partial charge in [-0.3, -0.25) is 9.48 Å². The van der Waals surface area contributed by atoms with Crippen LogP contribution in [0.2, 0.25) is 0 Å². The minimum absolute atomic E-state index is 0.101. The predicted molar refractivity (Wildman–Crippen MR) is 100 cm³/mol. The van der Waals surface area contributed by atoms with Crippen molar-refractivity contribution in [2.45, 2.75) is 30.7 Å². The van der Waals surface area contributed by atoms with Gasteiger partial charge in [0.25, 0.3) is 0 Å². The molecule has 5 unspecified atom stereocenters. The van der Waals surface area contributed by atoms with E-state index >= 15 is 0 Å². The Kier molecular flexibility index (Phi) is 3.96. The van der Waals surface area contributed by atoms with E-state index in [1.54, 1.807) is 6.20 Å². The maximum atomic E-state index is 14.4. The zero-order valence-corrected chi connectivity index (χ0v) is 15.3. The first-order chi connectivity index (χ1) is 13.1. The van der Waals surface area contributed by atoms with Gasteiger partial charge >= 0.3 is 0 Å². The van der Waals surface area contributed by atoms with E-state index in [1.807, 2.05) is 22.6 Å². The fourth-order valence-corrected chi connectivity index (χ4v) is 6.27. The van der Waals surface area contributed by atoms with Crippen molar-refractivity contribution in [1.82, 2.24) is 19.7 Å². The van der Waals surface area contributed by atoms with Crippen LogP contribution < -0.4 is 16.4 Å². The SMILES string of the molecule is NC(=O)C1C2CC3SCCn4cc(cn4)Nc4ncc(F)c(n4)NC1C3C2. The molecular weight excluding hydrogens is 369 g/mol. The van der Waals surface area contributed by atoms with Gasteiger partial charge in [-0.1, -0.05) is 0 Å². The molecule has 2 fully saturated rings. The number of hydrogen-bond acceptors (Lipinski definition) is 7. The molecule has 0 radical (unpaired) electrons. The lowest BCUT2D eigenvalue weighted by Crippen LogP contribution is -2.46. The summed E-state index contributed by atoms with van der Waals surface area (Å²) in [6.45, 7) is 0.799. The van der Waals surface area contributed by atoms with Crippen LogP contribution in [0, 0.1) is 23.6 Å². The fourth-order valence-electron chi connectivity index (χ4n) is 4.76. The van der Waals surface area contributed by atoms with Crippen molar-refractivity contribution in [3.05, 3.63) is 24.4 Å². The number of nitrogens with two attached hydrogens (primary N) is 1. The first-order valence-corrected chi connectivity index (χ1v) is 10.1. The van der Waals surface area contributed by atoms with Crippen molar-refractivity contribution in [2.75, 3.05) is 16.4 Å². The van der Waals surface area contributed by atoms with Crippen LogP contribution in [0.25, 0.3) is 0 Å². The summed E-state index contributed by atoms with van der Waals surface area (Å²) in [6, 6.07) is -0.202. The first kappa shape index (κ1) is 16.8. The number of rotatable bonds is 1. The van der Waals surface area contributed by atoms with E-state index in [0.29, 0.717) is 5.25 Å². The molecule has 10 heteroatoms. The highest BCUT2D eigenvalue weighted by Gasteiger charge is 2.55. The Balaban J connectivity index is 1.53. The van der Waals surface area contributed by atoms with Gasteiger partial charge in [-0.25, -0.2) is 9.37 Å². The van der Waals surface area contributed by atoms with E-state index in [4.69, 9.17) is 5.73 Å². The number of nitrogens with one attached hydrogen (secondary N) is 2. The highest BCUT2D eigenvalue weighted by Crippen LogP contribution is 2.53. The number of hydrogen-bond donors (Lipinski definition) is 3. The molecule has 8 nitrogen and oxygen atoms in total. The van der Waals surface area contributed by atoms with Crippen molar-refractivity contribution in [1.29, 1.82) is 0 Å². The zero-order valence-electron chi connectivity index (χ0n) is 14.5. The number of carbonyl (C=O) groups is 1. The number of halogens is 1. The number of carbonyl (C=O) groups excluding carboxylic acids is 1. The van der Waals surface area contributed by atoms with E-state index in [-0.39, 0.29) is 41.5 Å². The second-order valence-electron chi connectivity index (χ2n) is 7.41. The molecule has 6 bridgehead atoms. The number of anilines is 3. The number of aryl methyl sites for hydroxylation is 1. The van der Waals surface area contributed by atoms with Gasteiger partial charge in [0.15, 0.2) is 11.6 Å². The summed E-state index contributed by atoms with van der Waals surface area (Å²) < 4.78 is 16.2. The first-order valence-electron chi connectivity index (χ1n) is 9.08. The molecule has 1 aliphatic heterocycles. The van der Waals surface area contributed by atoms with Crippen LogP contribution in [0.15, 0.2) is 18.6 Å². The third kappa shape index (κ3) is 2.91. The summed E-state index contributed by atoms with van der Waals surface area (Å²) in [6.07, 6.45) is 6.63. The molecular formula is C17H20FN7OS. The molecule has 2 aromatic heterocycles. The molecule has 2 aliphatic carbocycles. The molecule has 2 saturated carbocycles. The second-order valence-corrected chi connectivity index (χ2v) is 8.76. The molecule has 0 aromatic carbocycles. The highest BCUT2D eigenvalue weighted by molar-refractivity contribution is 7.99. The summed E-state index contributed by atoms with van der Waals surface area (Å²) in [5, 5.41) is 11.0. The molecule has 1 amide bonds. The van der Waals surface area contributed by atoms with Crippen molar-refractivity contribution < 1.29 is 9.18 Å². The average Bonchev–Trinajstić information content (AvgIpc) is 3.32. The largest absolute Gasteiger partial charge is 0.369 e. The number of nitrogens with zero attached hydrogens (tertiary/aromatic N) is 4. The van der Waals surface area contributed by atoms with Gasteiger partial charge in [0.1, 0.15) is 0 Å². The molecule has 5 rings (SSSR count). The summed E-state index contributed by atoms with van der Waals surface area (Å²) in [7, 11) is 0. The van der Waals surface area contributed by atoms with Crippen LogP contribution in [-0.4, -0.2) is 42.7 Å².